The van der Waals surface area contributed by atoms with Crippen molar-refractivity contribution in [2.45, 2.75) is 6.18 Å². The molecule has 2 aromatic heterocycles. The van der Waals surface area contributed by atoms with Crippen molar-refractivity contribution < 1.29 is 13.2 Å². The molecular formula is C70H30F3N11. The van der Waals surface area contributed by atoms with E-state index < -0.39 is 11.7 Å². The summed E-state index contributed by atoms with van der Waals surface area (Å²) in [5.41, 5.74) is 7.05. The third-order valence-corrected chi connectivity index (χ3v) is 15.1. The highest BCUT2D eigenvalue weighted by molar-refractivity contribution is 6.14. The minimum Gasteiger partial charge on any atom is -0.307 e. The quantitative estimate of drug-likeness (QED) is 0.148. The van der Waals surface area contributed by atoms with Gasteiger partial charge >= 0.3 is 6.18 Å². The van der Waals surface area contributed by atoms with Crippen LogP contribution in [-0.4, -0.2) is 9.13 Å². The fourth-order valence-corrected chi connectivity index (χ4v) is 11.3. The van der Waals surface area contributed by atoms with Gasteiger partial charge in [-0.25, -0.2) is 0 Å². The van der Waals surface area contributed by atoms with E-state index in [9.17, 15) is 47.4 Å². The van der Waals surface area contributed by atoms with Crippen LogP contribution < -0.4 is 0 Å². The van der Waals surface area contributed by atoms with Crippen LogP contribution >= 0.6 is 0 Å². The Balaban J connectivity index is 1.29. The zero-order valence-corrected chi connectivity index (χ0v) is 43.4. The van der Waals surface area contributed by atoms with E-state index in [2.05, 4.69) is 54.6 Å². The van der Waals surface area contributed by atoms with Crippen LogP contribution in [0, 0.1) is 102 Å². The zero-order valence-electron chi connectivity index (χ0n) is 43.4. The number of alkyl halides is 3. The highest BCUT2D eigenvalue weighted by atomic mass is 19.4. The third kappa shape index (κ3) is 8.48. The maximum absolute atomic E-state index is 15.3. The monoisotopic (exact) mass is 1080 g/mol. The van der Waals surface area contributed by atoms with Crippen LogP contribution in [0.1, 0.15) is 55.6 Å². The van der Waals surface area contributed by atoms with Gasteiger partial charge in [0.05, 0.1) is 144 Å². The molecule has 0 aliphatic heterocycles. The predicted octanol–water partition coefficient (Wildman–Crippen LogP) is 16.1. The molecule has 0 N–H and O–H groups in total. The molecule has 12 aromatic rings. The Morgan fingerprint density at radius 2 is 0.571 bits per heavy atom. The first-order valence-corrected chi connectivity index (χ1v) is 25.6. The fourth-order valence-electron chi connectivity index (χ4n) is 11.3. The number of rotatable bonds is 7. The molecule has 0 fully saturated rings. The zero-order chi connectivity index (χ0) is 58.6. The number of nitriles is 9. The molecule has 0 spiro atoms. The van der Waals surface area contributed by atoms with Crippen molar-refractivity contribution in [2.24, 2.45) is 0 Å². The van der Waals surface area contributed by atoms with E-state index >= 15 is 13.2 Å². The lowest BCUT2D eigenvalue weighted by Crippen LogP contribution is -2.09. The van der Waals surface area contributed by atoms with E-state index in [0.29, 0.717) is 88.1 Å². The average molecular weight is 1080 g/mol. The van der Waals surface area contributed by atoms with E-state index in [1.54, 1.807) is 54.6 Å². The van der Waals surface area contributed by atoms with Gasteiger partial charge in [0.25, 0.3) is 0 Å². The maximum atomic E-state index is 15.3. The van der Waals surface area contributed by atoms with E-state index in [4.69, 9.17) is 0 Å². The summed E-state index contributed by atoms with van der Waals surface area (Å²) in [6.07, 6.45) is -4.88. The van der Waals surface area contributed by atoms with Gasteiger partial charge in [-0.05, 0) is 141 Å². The molecule has 84 heavy (non-hydrogen) atoms. The topological polar surface area (TPSA) is 224 Å². The Morgan fingerprint density at radius 3 is 0.869 bits per heavy atom. The van der Waals surface area contributed by atoms with Crippen molar-refractivity contribution in [1.29, 1.82) is 47.4 Å². The molecule has 14 heteroatoms. The molecule has 0 saturated carbocycles. The van der Waals surface area contributed by atoms with Gasteiger partial charge in [-0.3, -0.25) is 0 Å². The van der Waals surface area contributed by atoms with Crippen molar-refractivity contribution in [2.75, 3.05) is 0 Å². The van der Waals surface area contributed by atoms with Crippen molar-refractivity contribution in [3.05, 3.63) is 238 Å². The summed E-state index contributed by atoms with van der Waals surface area (Å²) in [6, 6.07) is 68.7. The summed E-state index contributed by atoms with van der Waals surface area (Å²) < 4.78 is 49.8. The van der Waals surface area contributed by atoms with Gasteiger partial charge in [0.2, 0.25) is 0 Å². The van der Waals surface area contributed by atoms with Crippen molar-refractivity contribution >= 4 is 43.6 Å². The average Bonchev–Trinajstić information content (AvgIpc) is 2.68. The molecule has 386 valence electrons. The third-order valence-electron chi connectivity index (χ3n) is 15.1. The number of hydrogen-bond acceptors (Lipinski definition) is 9. The second kappa shape index (κ2) is 20.3. The van der Waals surface area contributed by atoms with Crippen molar-refractivity contribution in [3.8, 4) is 122 Å². The molecule has 0 aliphatic carbocycles. The Morgan fingerprint density at radius 1 is 0.274 bits per heavy atom. The second-order valence-corrected chi connectivity index (χ2v) is 19.6. The first-order chi connectivity index (χ1) is 40.8. The molecule has 0 amide bonds. The Kier molecular flexibility index (Phi) is 12.5. The summed E-state index contributed by atoms with van der Waals surface area (Å²) in [4.78, 5) is 0. The summed E-state index contributed by atoms with van der Waals surface area (Å²) in [6.45, 7) is 0. The van der Waals surface area contributed by atoms with Crippen molar-refractivity contribution in [3.63, 3.8) is 0 Å². The summed E-state index contributed by atoms with van der Waals surface area (Å²) in [5.74, 6) is 0. The van der Waals surface area contributed by atoms with E-state index in [0.717, 1.165) is 6.07 Å². The Hall–Kier alpha value is -13.0. The molecule has 10 aromatic carbocycles. The fraction of sp³-hybridized carbons (Fsp3) is 0.0143. The molecule has 12 rings (SSSR count). The largest absolute Gasteiger partial charge is 0.417 e. The lowest BCUT2D eigenvalue weighted by atomic mass is 9.93. The minimum atomic E-state index is -4.88. The van der Waals surface area contributed by atoms with Crippen LogP contribution in [0.3, 0.4) is 0 Å². The Labute approximate surface area is 476 Å². The summed E-state index contributed by atoms with van der Waals surface area (Å²) in [5, 5.41) is 95.1. The van der Waals surface area contributed by atoms with E-state index in [1.165, 1.54) is 48.5 Å². The lowest BCUT2D eigenvalue weighted by molar-refractivity contribution is -0.137. The molecule has 0 aliphatic rings. The molecular weight excluding hydrogens is 1050 g/mol. The molecule has 11 nitrogen and oxygen atoms in total. The van der Waals surface area contributed by atoms with Gasteiger partial charge in [-0.1, -0.05) is 91.0 Å². The Bertz CT molecular complexity index is 5060. The SMILES string of the molecule is N#Cc1ccc(-c2ccc3c4ccc(-c5ccc(C#N)cc5C#N)cc4n(-c4cc(C#N)c(-c5ccccc5C(F)(F)F)cc4-n4c5cc(-c6ccc(C#N)cc6C#N)ccc5c5ccc(-c6ccc(C#N)cc6C#N)cc54)c3c2)c(C#N)c1. The van der Waals surface area contributed by atoms with Gasteiger partial charge in [-0.2, -0.15) is 60.5 Å². The molecule has 0 radical (unpaired) electrons. The smallest absolute Gasteiger partial charge is 0.307 e. The molecule has 0 unspecified atom stereocenters. The normalized spacial score (nSPS) is 10.9. The summed E-state index contributed by atoms with van der Waals surface area (Å²) >= 11 is 0. The molecule has 0 saturated heterocycles. The van der Waals surface area contributed by atoms with Crippen LogP contribution in [0.2, 0.25) is 0 Å². The van der Waals surface area contributed by atoms with Gasteiger partial charge in [0, 0.05) is 27.1 Å². The van der Waals surface area contributed by atoms with E-state index in [1.807, 2.05) is 81.9 Å². The first-order valence-electron chi connectivity index (χ1n) is 25.6. The lowest BCUT2D eigenvalue weighted by Gasteiger charge is -2.21. The van der Waals surface area contributed by atoms with Crippen LogP contribution in [0.25, 0.3) is 111 Å². The number of nitrogens with zero attached hydrogens (tertiary/aromatic N) is 11. The van der Waals surface area contributed by atoms with Crippen LogP contribution in [0.4, 0.5) is 13.2 Å². The molecule has 0 bridgehead atoms. The van der Waals surface area contributed by atoms with Crippen molar-refractivity contribution in [1.82, 2.24) is 9.13 Å². The number of hydrogen-bond donors (Lipinski definition) is 0. The summed E-state index contributed by atoms with van der Waals surface area (Å²) in [7, 11) is 0. The molecule has 2 heterocycles. The van der Waals surface area contributed by atoms with Crippen LogP contribution in [0.5, 0.6) is 0 Å². The number of halogens is 3. The van der Waals surface area contributed by atoms with E-state index in [-0.39, 0.29) is 72.6 Å². The van der Waals surface area contributed by atoms with Gasteiger partial charge < -0.3 is 9.13 Å². The number of fused-ring (bicyclic) bond motifs is 6. The highest BCUT2D eigenvalue weighted by Crippen LogP contribution is 2.46. The second-order valence-electron chi connectivity index (χ2n) is 19.6. The number of benzene rings is 10. The van der Waals surface area contributed by atoms with Gasteiger partial charge in [0.1, 0.15) is 0 Å². The maximum Gasteiger partial charge on any atom is 0.417 e. The minimum absolute atomic E-state index is 0.0705. The predicted molar refractivity (Wildman–Crippen MR) is 310 cm³/mol. The first kappa shape index (κ1) is 51.7. The highest BCUT2D eigenvalue weighted by Gasteiger charge is 2.35. The standard InChI is InChI=1S/C70H30F3N11/c71-70(72,73)63-4-2-1-3-57(63)62-30-69(84-66-27-46(55-15-7-42(33-76)23-50(55)37-80)11-19-60(66)61-20-12-47(28-67(61)84)56-16-8-43(34-77)24-51(56)38-81)68(29-52(62)39-82)83-64-25-44(53-13-5-40(31-74)21-48(53)35-78)9-17-58(64)59-18-10-45(26-65(59)83)54-14-6-41(32-75)22-49(54)36-79/h1-30H. The molecule has 0 atom stereocenters. The van der Waals surface area contributed by atoms with Gasteiger partial charge in [-0.15, -0.1) is 0 Å². The van der Waals surface area contributed by atoms with Crippen LogP contribution in [-0.2, 0) is 6.18 Å². The van der Waals surface area contributed by atoms with Crippen LogP contribution in [0.15, 0.2) is 182 Å². The number of aromatic nitrogens is 2. The van der Waals surface area contributed by atoms with Gasteiger partial charge in [0.15, 0.2) is 0 Å².